The third-order valence-electron chi connectivity index (χ3n) is 9.48. The fourth-order valence-electron chi connectivity index (χ4n) is 6.48. The van der Waals surface area contributed by atoms with Crippen molar-refractivity contribution < 1.29 is 23.0 Å². The van der Waals surface area contributed by atoms with Crippen LogP contribution in [0.4, 0.5) is 20.2 Å². The highest BCUT2D eigenvalue weighted by Gasteiger charge is 2.46. The van der Waals surface area contributed by atoms with Crippen molar-refractivity contribution in [1.82, 2.24) is 24.1 Å². The van der Waals surface area contributed by atoms with Crippen LogP contribution in [0.5, 0.6) is 5.75 Å². The standard InChI is InChI=1S/C37H41F2N7O4/c1-4-27(3)45-25-40-46(36(45)47)31-8-6-29(7-9-31)42-17-19-43(20-18-42)30-10-12-32(13-11-30)48-22-33-23-49-37(50-33,24-44-16-15-26(2)41-44)34-14-5-28(38)21-35(34)39/h5-16,21,25,27,33H,4,17-20,22-24H2,1-3H3/t27?,33?,37-/m1/s1. The number of hydrogen-bond acceptors (Lipinski definition) is 8. The van der Waals surface area contributed by atoms with Gasteiger partial charge in [-0.15, -0.1) is 0 Å². The number of anilines is 2. The SMILES string of the molecule is CCC(C)n1cnn(-c2ccc(N3CCN(c4ccc(OCC5CO[C@@](Cn6ccc(C)n6)(c6ccc(F)cc6F)O5)cc4)CC3)cc2)c1=O. The first kappa shape index (κ1) is 33.5. The molecule has 0 aliphatic carbocycles. The zero-order valence-electron chi connectivity index (χ0n) is 28.4. The zero-order chi connectivity index (χ0) is 34.8. The van der Waals surface area contributed by atoms with E-state index in [0.29, 0.717) is 5.75 Å². The summed E-state index contributed by atoms with van der Waals surface area (Å²) >= 11 is 0. The van der Waals surface area contributed by atoms with Crippen LogP contribution in [0, 0.1) is 18.6 Å². The normalized spacial score (nSPS) is 20.0. The lowest BCUT2D eigenvalue weighted by Gasteiger charge is -2.37. The van der Waals surface area contributed by atoms with E-state index in [4.69, 9.17) is 14.2 Å². The molecule has 2 aliphatic rings. The summed E-state index contributed by atoms with van der Waals surface area (Å²) in [5.41, 5.74) is 3.74. The summed E-state index contributed by atoms with van der Waals surface area (Å²) in [5.74, 6) is -2.22. The monoisotopic (exact) mass is 685 g/mol. The number of hydrogen-bond donors (Lipinski definition) is 0. The Morgan fingerprint density at radius 3 is 2.22 bits per heavy atom. The van der Waals surface area contributed by atoms with E-state index in [-0.39, 0.29) is 37.1 Å². The van der Waals surface area contributed by atoms with Crippen LogP contribution < -0.4 is 20.2 Å². The van der Waals surface area contributed by atoms with Crippen molar-refractivity contribution in [3.8, 4) is 11.4 Å². The molecule has 0 spiro atoms. The minimum absolute atomic E-state index is 0.0965. The molecule has 4 heterocycles. The third-order valence-corrected chi connectivity index (χ3v) is 9.48. The van der Waals surface area contributed by atoms with E-state index in [9.17, 15) is 13.6 Å². The van der Waals surface area contributed by atoms with Gasteiger partial charge < -0.3 is 24.0 Å². The first-order valence-electron chi connectivity index (χ1n) is 17.0. The molecule has 3 atom stereocenters. The highest BCUT2D eigenvalue weighted by molar-refractivity contribution is 5.54. The van der Waals surface area contributed by atoms with Crippen molar-refractivity contribution in [2.24, 2.45) is 0 Å². The van der Waals surface area contributed by atoms with Crippen LogP contribution >= 0.6 is 0 Å². The summed E-state index contributed by atoms with van der Waals surface area (Å²) in [6.45, 7) is 9.79. The van der Waals surface area contributed by atoms with Crippen LogP contribution in [-0.4, -0.2) is 69.6 Å². The van der Waals surface area contributed by atoms with E-state index in [1.54, 1.807) is 21.8 Å². The van der Waals surface area contributed by atoms with Crippen LogP contribution in [0.25, 0.3) is 5.69 Å². The van der Waals surface area contributed by atoms with E-state index in [1.165, 1.54) is 16.8 Å². The summed E-state index contributed by atoms with van der Waals surface area (Å²) in [7, 11) is 0. The van der Waals surface area contributed by atoms with Gasteiger partial charge in [0.05, 0.1) is 24.5 Å². The number of ether oxygens (including phenoxy) is 3. The molecule has 2 aromatic heterocycles. The molecule has 0 amide bonds. The van der Waals surface area contributed by atoms with Gasteiger partial charge in [-0.1, -0.05) is 6.92 Å². The molecule has 2 aliphatic heterocycles. The minimum Gasteiger partial charge on any atom is -0.491 e. The number of piperazine rings is 1. The lowest BCUT2D eigenvalue weighted by molar-refractivity contribution is -0.192. The van der Waals surface area contributed by atoms with Crippen LogP contribution in [0.2, 0.25) is 0 Å². The van der Waals surface area contributed by atoms with Gasteiger partial charge >= 0.3 is 5.69 Å². The molecule has 50 heavy (non-hydrogen) atoms. The summed E-state index contributed by atoms with van der Waals surface area (Å²) in [6, 6.07) is 21.2. The van der Waals surface area contributed by atoms with Gasteiger partial charge in [-0.2, -0.15) is 14.9 Å². The van der Waals surface area contributed by atoms with Crippen molar-refractivity contribution >= 4 is 11.4 Å². The maximum atomic E-state index is 15.0. The first-order chi connectivity index (χ1) is 24.2. The molecule has 2 fully saturated rings. The average Bonchev–Trinajstić information content (AvgIpc) is 3.85. The van der Waals surface area contributed by atoms with Gasteiger partial charge in [-0.25, -0.2) is 13.6 Å². The van der Waals surface area contributed by atoms with Crippen molar-refractivity contribution in [1.29, 1.82) is 0 Å². The van der Waals surface area contributed by atoms with E-state index in [0.717, 1.165) is 61.4 Å². The second kappa shape index (κ2) is 14.1. The first-order valence-corrected chi connectivity index (χ1v) is 17.0. The number of aromatic nitrogens is 5. The fraction of sp³-hybridized carbons (Fsp3) is 0.378. The van der Waals surface area contributed by atoms with Crippen LogP contribution in [0.1, 0.15) is 37.6 Å². The molecular formula is C37H41F2N7O4. The number of halogens is 2. The van der Waals surface area contributed by atoms with Crippen molar-refractivity contribution in [3.63, 3.8) is 0 Å². The minimum atomic E-state index is -1.48. The molecule has 262 valence electrons. The van der Waals surface area contributed by atoms with E-state index in [2.05, 4.69) is 26.9 Å². The maximum Gasteiger partial charge on any atom is 0.350 e. The van der Waals surface area contributed by atoms with Crippen molar-refractivity contribution in [2.75, 3.05) is 49.2 Å². The lowest BCUT2D eigenvalue weighted by Crippen LogP contribution is -2.46. The Labute approximate surface area is 289 Å². The summed E-state index contributed by atoms with van der Waals surface area (Å²) in [4.78, 5) is 17.5. The zero-order valence-corrected chi connectivity index (χ0v) is 28.4. The molecule has 7 rings (SSSR count). The quantitative estimate of drug-likeness (QED) is 0.181. The Balaban J connectivity index is 0.929. The van der Waals surface area contributed by atoms with Crippen LogP contribution in [0.3, 0.4) is 0 Å². The predicted molar refractivity (Wildman–Crippen MR) is 185 cm³/mol. The number of aryl methyl sites for hydroxylation is 1. The molecule has 0 radical (unpaired) electrons. The molecule has 2 unspecified atom stereocenters. The van der Waals surface area contributed by atoms with Gasteiger partial charge in [-0.3, -0.25) is 9.25 Å². The van der Waals surface area contributed by atoms with Gasteiger partial charge in [0, 0.05) is 61.4 Å². The van der Waals surface area contributed by atoms with E-state index in [1.807, 2.05) is 68.4 Å². The topological polar surface area (TPSA) is 91.8 Å². The van der Waals surface area contributed by atoms with Gasteiger partial charge in [0.2, 0.25) is 5.79 Å². The molecule has 0 bridgehead atoms. The molecule has 13 heteroatoms. The van der Waals surface area contributed by atoms with Crippen LogP contribution in [0.15, 0.2) is 90.1 Å². The molecule has 0 saturated carbocycles. The van der Waals surface area contributed by atoms with E-state index >= 15 is 0 Å². The molecule has 11 nitrogen and oxygen atoms in total. The Hall–Kier alpha value is -5.01. The number of nitrogens with zero attached hydrogens (tertiary/aromatic N) is 7. The van der Waals surface area contributed by atoms with Gasteiger partial charge in [0.25, 0.3) is 0 Å². The lowest BCUT2D eigenvalue weighted by atomic mass is 10.0. The molecule has 3 aromatic carbocycles. The summed E-state index contributed by atoms with van der Waals surface area (Å²) < 4.78 is 51.9. The second-order valence-corrected chi connectivity index (χ2v) is 12.9. The molecule has 5 aromatic rings. The van der Waals surface area contributed by atoms with Gasteiger partial charge in [-0.05, 0) is 87.0 Å². The smallest absolute Gasteiger partial charge is 0.350 e. The fourth-order valence-corrected chi connectivity index (χ4v) is 6.48. The largest absolute Gasteiger partial charge is 0.491 e. The van der Waals surface area contributed by atoms with E-state index < -0.39 is 23.5 Å². The summed E-state index contributed by atoms with van der Waals surface area (Å²) in [5, 5.41) is 8.73. The number of rotatable bonds is 11. The highest BCUT2D eigenvalue weighted by atomic mass is 19.1. The second-order valence-electron chi connectivity index (χ2n) is 12.9. The molecule has 2 saturated heterocycles. The predicted octanol–water partition coefficient (Wildman–Crippen LogP) is 5.46. The average molecular weight is 686 g/mol. The van der Waals surface area contributed by atoms with Gasteiger partial charge in [0.15, 0.2) is 0 Å². The maximum absolute atomic E-state index is 15.0. The van der Waals surface area contributed by atoms with Crippen molar-refractivity contribution in [3.05, 3.63) is 119 Å². The Bertz CT molecular complexity index is 1970. The molecule has 0 N–H and O–H groups in total. The highest BCUT2D eigenvalue weighted by Crippen LogP contribution is 2.38. The number of benzene rings is 3. The Kier molecular flexibility index (Phi) is 9.43. The summed E-state index contributed by atoms with van der Waals surface area (Å²) in [6.07, 6.45) is 3.75. The van der Waals surface area contributed by atoms with Crippen molar-refractivity contribution in [2.45, 2.75) is 51.7 Å². The molecular weight excluding hydrogens is 644 g/mol. The Morgan fingerprint density at radius 1 is 0.940 bits per heavy atom. The van der Waals surface area contributed by atoms with Gasteiger partial charge in [0.1, 0.15) is 36.4 Å². The third kappa shape index (κ3) is 6.88. The van der Waals surface area contributed by atoms with Crippen LogP contribution in [-0.2, 0) is 21.8 Å². The Morgan fingerprint density at radius 2 is 1.60 bits per heavy atom.